The maximum absolute atomic E-state index is 12.0. The van der Waals surface area contributed by atoms with Crippen LogP contribution in [0.5, 0.6) is 0 Å². The second kappa shape index (κ2) is 40.9. The molecule has 6 aliphatic heterocycles. The van der Waals surface area contributed by atoms with Gasteiger partial charge in [0, 0.05) is 104 Å². The second-order valence-electron chi connectivity index (χ2n) is 28.0. The average molecular weight is 1540 g/mol. The average Bonchev–Trinajstić information content (AvgIpc) is 0.804. The van der Waals surface area contributed by atoms with Gasteiger partial charge >= 0.3 is 54.1 Å². The Morgan fingerprint density at radius 3 is 1.36 bits per heavy atom. The molecule has 572 valence electrons. The number of piperidine rings is 6. The Balaban J connectivity index is 0.00000118. The van der Waals surface area contributed by atoms with Crippen LogP contribution in [0.2, 0.25) is 0 Å². The number of methoxy groups -OCH3 is 6. The molecule has 1 aromatic rings. The van der Waals surface area contributed by atoms with E-state index in [-0.39, 0.29) is 93.7 Å². The first-order chi connectivity index (χ1) is 45.3. The number of nitrogens with zero attached hydrogens (tertiary/aromatic N) is 6. The number of carbonyl (C=O) groups is 12. The van der Waals surface area contributed by atoms with Crippen molar-refractivity contribution < 1.29 is 115 Å². The highest BCUT2D eigenvalue weighted by molar-refractivity contribution is 9.10. The Kier molecular flexibility index (Phi) is 38.2. The number of ketones is 3. The number of amides is 3. The summed E-state index contributed by atoms with van der Waals surface area (Å²) in [5.74, 6) is -4.27. The molecule has 0 aromatic carbocycles. The van der Waals surface area contributed by atoms with Crippen molar-refractivity contribution >= 4 is 118 Å². The van der Waals surface area contributed by atoms with E-state index in [0.29, 0.717) is 70.9 Å². The van der Waals surface area contributed by atoms with Crippen molar-refractivity contribution in [3.05, 3.63) is 16.9 Å². The predicted molar refractivity (Wildman–Crippen MR) is 368 cm³/mol. The summed E-state index contributed by atoms with van der Waals surface area (Å²) >= 11 is 3.28. The molecule has 100 heavy (non-hydrogen) atoms. The molecule has 6 saturated heterocycles. The summed E-state index contributed by atoms with van der Waals surface area (Å²) in [4.78, 5) is 154. The number of carbonyl (C=O) groups excluding carboxylic acids is 12. The lowest BCUT2D eigenvalue weighted by Gasteiger charge is -2.41. The van der Waals surface area contributed by atoms with Crippen molar-refractivity contribution in [3.63, 3.8) is 0 Å². The van der Waals surface area contributed by atoms with Crippen LogP contribution in [-0.2, 0) is 85.8 Å². The molecule has 0 radical (unpaired) electrons. The van der Waals surface area contributed by atoms with E-state index in [1.54, 1.807) is 95.5 Å². The number of halogens is 3. The van der Waals surface area contributed by atoms with Crippen LogP contribution in [-0.4, -0.2) is 268 Å². The first-order valence-electron chi connectivity index (χ1n) is 32.0. The number of hydrogen-bond donors (Lipinski definition) is 5. The number of likely N-dealkylation sites (tertiary alicyclic amines) is 3. The number of ether oxygens (including phenoxy) is 9. The van der Waals surface area contributed by atoms with Gasteiger partial charge in [-0.15, -0.1) is 24.8 Å². The standard InChI is InChI=1S/C13H23NO5.C13H21NO5.C12H16BrN3O3.C12H19NO5.C8H15NO3.C7H11NO3.2ClH/c2*1-12(2,3)19-11(17)14-7-6-9(15)13(4,8-14)10(16)18-5;1-12(10(18)19-2)7-16(4-3-9(12)17)11-14-5-8(13)6-15-11;1-12(2,3)18-11(16)13-6-5-9(14)8(7-13)10(15)17-4;1-8(7(11)12-2)5-9-4-3-6(8)10;1-11-7(10)5-4-8-3-2-6(5)9;;/h9,15H,6-8H2,1-5H3;6-8H2,1-5H3;5-6,9,17H,3-4,7H2,1-2H3;8H,5-7H2,1-4H3;6,9-10H,3-5H2,1-2H3;5,8H,2-4H2,1H3;2*1H. The minimum atomic E-state index is -1.30. The van der Waals surface area contributed by atoms with Gasteiger partial charge in [0.05, 0.1) is 65.4 Å². The van der Waals surface area contributed by atoms with Crippen molar-refractivity contribution in [3.8, 4) is 0 Å². The number of aromatic nitrogens is 2. The number of nitrogens with one attached hydrogen (secondary N) is 2. The minimum Gasteiger partial charge on any atom is -0.468 e. The molecule has 6 aliphatic rings. The van der Waals surface area contributed by atoms with Crippen molar-refractivity contribution in [2.45, 2.75) is 164 Å². The maximum atomic E-state index is 12.0. The van der Waals surface area contributed by atoms with Gasteiger partial charge < -0.3 is 88.2 Å². The van der Waals surface area contributed by atoms with E-state index in [9.17, 15) is 72.9 Å². The summed E-state index contributed by atoms with van der Waals surface area (Å²) in [5, 5.41) is 35.7. The zero-order valence-electron chi connectivity index (χ0n) is 61.1. The Hall–Kier alpha value is -6.62. The topological polar surface area (TPSA) is 411 Å². The largest absolute Gasteiger partial charge is 0.468 e. The normalized spacial score (nSPS) is 25.8. The van der Waals surface area contributed by atoms with E-state index in [4.69, 9.17) is 23.7 Å². The molecule has 7 heterocycles. The number of rotatable bonds is 7. The number of aliphatic hydroxyl groups is 3. The van der Waals surface area contributed by atoms with E-state index < -0.39 is 117 Å². The lowest BCUT2D eigenvalue weighted by molar-refractivity contribution is -0.164. The Morgan fingerprint density at radius 1 is 0.500 bits per heavy atom. The first-order valence-corrected chi connectivity index (χ1v) is 32.8. The van der Waals surface area contributed by atoms with Gasteiger partial charge in [0.2, 0.25) is 5.95 Å². The lowest BCUT2D eigenvalue weighted by atomic mass is 9.79. The first kappa shape index (κ1) is 93.4. The van der Waals surface area contributed by atoms with E-state index in [1.807, 2.05) is 4.90 Å². The Morgan fingerprint density at radius 2 is 0.910 bits per heavy atom. The van der Waals surface area contributed by atoms with Gasteiger partial charge in [-0.1, -0.05) is 0 Å². The molecule has 5 N–H and O–H groups in total. The molecule has 1 aromatic heterocycles. The summed E-state index contributed by atoms with van der Waals surface area (Å²) in [5.41, 5.74) is -5.93. The third kappa shape index (κ3) is 27.6. The molecule has 35 heteroatoms. The maximum Gasteiger partial charge on any atom is 0.410 e. The van der Waals surface area contributed by atoms with Gasteiger partial charge in [0.1, 0.15) is 56.1 Å². The highest BCUT2D eigenvalue weighted by Gasteiger charge is 2.51. The SMILES string of the molecule is COC(=O)C1(C)CN(C(=O)OC(C)(C)C)CCC1=O.COC(=O)C1(C)CN(C(=O)OC(C)(C)C)CCC1O.COC(=O)C1(C)CN(c2ncc(Br)cn2)CCC1O.COC(=O)C1(C)CNCCC1O.COC(=O)C1CN(C(=O)OC(C)(C)C)CCC1=O.COC(=O)C1CNCCC1=O.Cl.Cl. The minimum absolute atomic E-state index is 0. The summed E-state index contributed by atoms with van der Waals surface area (Å²) in [6.45, 7) is 26.7. The molecule has 0 saturated carbocycles. The number of esters is 6. The number of anilines is 1. The van der Waals surface area contributed by atoms with E-state index >= 15 is 0 Å². The molecule has 0 bridgehead atoms. The molecule has 6 fully saturated rings. The lowest BCUT2D eigenvalue weighted by Crippen LogP contribution is -2.56. The molecule has 32 nitrogen and oxygen atoms in total. The molecule has 9 atom stereocenters. The third-order valence-corrected chi connectivity index (χ3v) is 16.9. The molecule has 0 spiro atoms. The molecule has 3 amide bonds. The number of hydrogen-bond acceptors (Lipinski definition) is 29. The van der Waals surface area contributed by atoms with Gasteiger partial charge in [-0.25, -0.2) is 24.4 Å². The Labute approximate surface area is 606 Å². The van der Waals surface area contributed by atoms with Gasteiger partial charge in [-0.2, -0.15) is 0 Å². The van der Waals surface area contributed by atoms with Crippen LogP contribution in [0.4, 0.5) is 20.3 Å². The van der Waals surface area contributed by atoms with E-state index in [0.717, 1.165) is 11.0 Å². The fraction of sp³-hybridized carbons (Fsp3) is 0.754. The van der Waals surface area contributed by atoms with Crippen LogP contribution in [0.1, 0.15) is 129 Å². The van der Waals surface area contributed by atoms with E-state index in [1.165, 1.54) is 64.3 Å². The van der Waals surface area contributed by atoms with Gasteiger partial charge in [0.15, 0.2) is 11.6 Å². The number of Topliss-reactive ketones (excluding diaryl/α,β-unsaturated/α-hetero) is 3. The summed E-state index contributed by atoms with van der Waals surface area (Å²) in [6.07, 6.45) is 1.79. The molecule has 9 unspecified atom stereocenters. The fourth-order valence-corrected chi connectivity index (χ4v) is 10.7. The van der Waals surface area contributed by atoms with Crippen molar-refractivity contribution in [2.24, 2.45) is 33.5 Å². The second-order valence-corrected chi connectivity index (χ2v) is 28.9. The zero-order chi connectivity index (χ0) is 75.1. The predicted octanol–water partition coefficient (Wildman–Crippen LogP) is 4.22. The van der Waals surface area contributed by atoms with Crippen LogP contribution in [0.25, 0.3) is 0 Å². The van der Waals surface area contributed by atoms with E-state index in [2.05, 4.69) is 55.5 Å². The molecular formula is C65H107BrCl2N8O24. The van der Waals surface area contributed by atoms with Gasteiger partial charge in [-0.3, -0.25) is 43.2 Å². The smallest absolute Gasteiger partial charge is 0.410 e. The molecule has 7 rings (SSSR count). The third-order valence-electron chi connectivity index (χ3n) is 16.5. The number of aliphatic hydroxyl groups excluding tert-OH is 3. The Bertz CT molecular complexity index is 2910. The molecule has 0 aliphatic carbocycles. The van der Waals surface area contributed by atoms with Crippen molar-refractivity contribution in [1.82, 2.24) is 35.3 Å². The highest BCUT2D eigenvalue weighted by Crippen LogP contribution is 2.35. The van der Waals surface area contributed by atoms with Crippen molar-refractivity contribution in [1.29, 1.82) is 0 Å². The van der Waals surface area contributed by atoms with Gasteiger partial charge in [-0.05, 0) is 132 Å². The van der Waals surface area contributed by atoms with Crippen LogP contribution in [0.15, 0.2) is 16.9 Å². The van der Waals surface area contributed by atoms with Crippen LogP contribution in [0.3, 0.4) is 0 Å². The monoisotopic (exact) mass is 1530 g/mol. The molecular weight excluding hydrogens is 1430 g/mol. The zero-order valence-corrected chi connectivity index (χ0v) is 64.3. The fourth-order valence-electron chi connectivity index (χ4n) is 10.5. The summed E-state index contributed by atoms with van der Waals surface area (Å²) < 4.78 is 44.3. The van der Waals surface area contributed by atoms with Crippen LogP contribution < -0.4 is 15.5 Å². The van der Waals surface area contributed by atoms with Crippen molar-refractivity contribution in [2.75, 3.05) is 126 Å². The quantitative estimate of drug-likeness (QED) is 0.145. The highest BCUT2D eigenvalue weighted by atomic mass is 79.9. The van der Waals surface area contributed by atoms with Crippen LogP contribution in [0, 0.1) is 33.5 Å². The summed E-state index contributed by atoms with van der Waals surface area (Å²) in [6, 6.07) is 0. The summed E-state index contributed by atoms with van der Waals surface area (Å²) in [7, 11) is 7.69. The van der Waals surface area contributed by atoms with Gasteiger partial charge in [0.25, 0.3) is 0 Å². The van der Waals surface area contributed by atoms with Crippen LogP contribution >= 0.6 is 40.7 Å².